The fraction of sp³-hybridized carbons (Fsp3) is 0.857. The van der Waals surface area contributed by atoms with Gasteiger partial charge in [0.15, 0.2) is 0 Å². The van der Waals surface area contributed by atoms with Gasteiger partial charge < -0.3 is 5.73 Å². The van der Waals surface area contributed by atoms with Crippen molar-refractivity contribution in [3.63, 3.8) is 0 Å². The van der Waals surface area contributed by atoms with E-state index in [1.165, 1.54) is 32.1 Å². The fourth-order valence-corrected chi connectivity index (χ4v) is 3.18. The zero-order valence-corrected chi connectivity index (χ0v) is 11.7. The molecule has 2 N–H and O–H groups in total. The topological polar surface area (TPSA) is 56.7 Å². The first-order valence-corrected chi connectivity index (χ1v) is 7.29. The molecule has 18 heavy (non-hydrogen) atoms. The van der Waals surface area contributed by atoms with Crippen molar-refractivity contribution in [3.05, 3.63) is 12.2 Å². The van der Waals surface area contributed by atoms with E-state index in [4.69, 9.17) is 5.73 Å². The molecule has 0 aliphatic heterocycles. The molecule has 102 valence electrons. The highest BCUT2D eigenvalue weighted by Gasteiger charge is 2.35. The average molecular weight is 250 g/mol. The second-order valence-electron chi connectivity index (χ2n) is 5.72. The number of hydrogen-bond acceptors (Lipinski definition) is 3. The molecule has 1 heterocycles. The van der Waals surface area contributed by atoms with Crippen LogP contribution < -0.4 is 5.73 Å². The second-order valence-corrected chi connectivity index (χ2v) is 5.72. The highest BCUT2D eigenvalue weighted by atomic mass is 15.3. The molecule has 1 saturated carbocycles. The van der Waals surface area contributed by atoms with Crippen LogP contribution in [0.4, 0.5) is 0 Å². The normalized spacial score (nSPS) is 28.5. The Morgan fingerprint density at radius 1 is 1.39 bits per heavy atom. The zero-order valence-electron chi connectivity index (χ0n) is 11.7. The van der Waals surface area contributed by atoms with Crippen molar-refractivity contribution in [1.82, 2.24) is 14.8 Å². The minimum absolute atomic E-state index is 0.269. The quantitative estimate of drug-likeness (QED) is 0.873. The monoisotopic (exact) mass is 250 g/mol. The lowest BCUT2D eigenvalue weighted by molar-refractivity contribution is 0.149. The summed E-state index contributed by atoms with van der Waals surface area (Å²) >= 11 is 0. The molecule has 0 amide bonds. The van der Waals surface area contributed by atoms with Gasteiger partial charge in [-0.05, 0) is 50.5 Å². The van der Waals surface area contributed by atoms with Gasteiger partial charge in [0, 0.05) is 13.0 Å². The summed E-state index contributed by atoms with van der Waals surface area (Å²) in [4.78, 5) is 4.41. The Balaban J connectivity index is 2.05. The van der Waals surface area contributed by atoms with Crippen molar-refractivity contribution in [2.75, 3.05) is 6.54 Å². The Bertz CT molecular complexity index is 364. The van der Waals surface area contributed by atoms with Gasteiger partial charge >= 0.3 is 0 Å². The van der Waals surface area contributed by atoms with Crippen LogP contribution in [0.3, 0.4) is 0 Å². The molecule has 1 aromatic heterocycles. The van der Waals surface area contributed by atoms with E-state index in [1.807, 2.05) is 4.68 Å². The first-order valence-electron chi connectivity index (χ1n) is 7.29. The molecule has 1 aliphatic carbocycles. The van der Waals surface area contributed by atoms with Crippen LogP contribution in [-0.4, -0.2) is 21.3 Å². The molecular formula is C14H26N4. The summed E-state index contributed by atoms with van der Waals surface area (Å²) in [7, 11) is 0. The minimum atomic E-state index is 0.269. The summed E-state index contributed by atoms with van der Waals surface area (Å²) in [6.45, 7) is 6.09. The van der Waals surface area contributed by atoms with E-state index >= 15 is 0 Å². The lowest BCUT2D eigenvalue weighted by Gasteiger charge is -2.39. The molecule has 0 saturated heterocycles. The molecule has 0 bridgehead atoms. The van der Waals surface area contributed by atoms with E-state index in [-0.39, 0.29) is 5.41 Å². The molecule has 1 aliphatic rings. The van der Waals surface area contributed by atoms with E-state index < -0.39 is 0 Å². The van der Waals surface area contributed by atoms with Crippen LogP contribution in [0.2, 0.25) is 0 Å². The minimum Gasteiger partial charge on any atom is -0.330 e. The highest BCUT2D eigenvalue weighted by Crippen LogP contribution is 2.41. The van der Waals surface area contributed by atoms with Crippen LogP contribution in [0.25, 0.3) is 0 Å². The molecule has 0 spiro atoms. The third-order valence-corrected chi connectivity index (χ3v) is 4.70. The van der Waals surface area contributed by atoms with E-state index in [2.05, 4.69) is 23.9 Å². The zero-order chi connectivity index (χ0) is 13.0. The van der Waals surface area contributed by atoms with Gasteiger partial charge in [0.2, 0.25) is 0 Å². The van der Waals surface area contributed by atoms with Crippen molar-refractivity contribution >= 4 is 0 Å². The third-order valence-electron chi connectivity index (χ3n) is 4.70. The maximum atomic E-state index is 6.08. The molecule has 4 nitrogen and oxygen atoms in total. The molecule has 0 radical (unpaired) electrons. The van der Waals surface area contributed by atoms with E-state index in [0.717, 1.165) is 31.3 Å². The molecule has 1 fully saturated rings. The molecule has 0 aromatic carbocycles. The predicted molar refractivity (Wildman–Crippen MR) is 73.1 cm³/mol. The van der Waals surface area contributed by atoms with Gasteiger partial charge in [-0.15, -0.1) is 0 Å². The van der Waals surface area contributed by atoms with Crippen LogP contribution in [0, 0.1) is 11.3 Å². The van der Waals surface area contributed by atoms with Gasteiger partial charge in [-0.25, -0.2) is 4.98 Å². The molecule has 1 aromatic rings. The van der Waals surface area contributed by atoms with Crippen LogP contribution >= 0.6 is 0 Å². The summed E-state index contributed by atoms with van der Waals surface area (Å²) in [6, 6.07) is 0. The third kappa shape index (κ3) is 2.74. The maximum Gasteiger partial charge on any atom is 0.138 e. The largest absolute Gasteiger partial charge is 0.330 e. The van der Waals surface area contributed by atoms with Gasteiger partial charge in [0.05, 0.1) is 0 Å². The molecular weight excluding hydrogens is 224 g/mol. The second kappa shape index (κ2) is 5.83. The lowest BCUT2D eigenvalue weighted by Crippen LogP contribution is -2.37. The van der Waals surface area contributed by atoms with Crippen molar-refractivity contribution in [3.8, 4) is 0 Å². The summed E-state index contributed by atoms with van der Waals surface area (Å²) in [6.07, 6.45) is 9.12. The fourth-order valence-electron chi connectivity index (χ4n) is 3.18. The van der Waals surface area contributed by atoms with Gasteiger partial charge in [-0.3, -0.25) is 4.68 Å². The van der Waals surface area contributed by atoms with Gasteiger partial charge in [-0.2, -0.15) is 5.10 Å². The summed E-state index contributed by atoms with van der Waals surface area (Å²) < 4.78 is 2.00. The number of rotatable bonds is 5. The molecule has 2 rings (SSSR count). The van der Waals surface area contributed by atoms with Crippen molar-refractivity contribution < 1.29 is 0 Å². The number of nitrogens with two attached hydrogens (primary N) is 1. The Morgan fingerprint density at radius 3 is 2.67 bits per heavy atom. The summed E-state index contributed by atoms with van der Waals surface area (Å²) in [5.74, 6) is 2.02. The number of hydrogen-bond donors (Lipinski definition) is 1. The van der Waals surface area contributed by atoms with E-state index in [0.29, 0.717) is 0 Å². The van der Waals surface area contributed by atoms with Crippen LogP contribution in [0.15, 0.2) is 6.33 Å². The van der Waals surface area contributed by atoms with Crippen molar-refractivity contribution in [2.24, 2.45) is 17.1 Å². The Labute approximate surface area is 110 Å². The average Bonchev–Trinajstić information content (AvgIpc) is 2.86. The molecule has 0 atom stereocenters. The summed E-state index contributed by atoms with van der Waals surface area (Å²) in [5.41, 5.74) is 6.35. The molecule has 0 unspecified atom stereocenters. The van der Waals surface area contributed by atoms with Crippen LogP contribution in [0.1, 0.15) is 51.8 Å². The Hall–Kier alpha value is -0.900. The Morgan fingerprint density at radius 2 is 2.11 bits per heavy atom. The lowest BCUT2D eigenvalue weighted by atomic mass is 9.68. The predicted octanol–water partition coefficient (Wildman–Crippen LogP) is 2.39. The smallest absolute Gasteiger partial charge is 0.138 e. The van der Waals surface area contributed by atoms with Gasteiger partial charge in [0.1, 0.15) is 12.2 Å². The van der Waals surface area contributed by atoms with Gasteiger partial charge in [0.25, 0.3) is 0 Å². The molecule has 4 heteroatoms. The number of nitrogens with zero attached hydrogens (tertiary/aromatic N) is 3. The van der Waals surface area contributed by atoms with E-state index in [9.17, 15) is 0 Å². The van der Waals surface area contributed by atoms with Gasteiger partial charge in [-0.1, -0.05) is 13.3 Å². The first-order chi connectivity index (χ1) is 8.73. The first kappa shape index (κ1) is 13.5. The van der Waals surface area contributed by atoms with Crippen molar-refractivity contribution in [2.45, 2.75) is 58.9 Å². The highest BCUT2D eigenvalue weighted by molar-refractivity contribution is 4.97. The number of aryl methyl sites for hydroxylation is 1. The van der Waals surface area contributed by atoms with E-state index in [1.54, 1.807) is 6.33 Å². The SMILES string of the molecule is CCC1CCC(CN)(Cc2ncnn2CC)CC1. The van der Waals surface area contributed by atoms with Crippen LogP contribution in [0.5, 0.6) is 0 Å². The maximum absolute atomic E-state index is 6.08. The Kier molecular flexibility index (Phi) is 4.38. The number of aromatic nitrogens is 3. The summed E-state index contributed by atoms with van der Waals surface area (Å²) in [5, 5.41) is 4.26. The van der Waals surface area contributed by atoms with Crippen LogP contribution in [-0.2, 0) is 13.0 Å². The van der Waals surface area contributed by atoms with Crippen molar-refractivity contribution in [1.29, 1.82) is 0 Å². The standard InChI is InChI=1S/C14H26N4/c1-3-12-5-7-14(10-15,8-6-12)9-13-16-11-17-18(13)4-2/h11-12H,3-10,15H2,1-2H3.